The van der Waals surface area contributed by atoms with Crippen LogP contribution in [0.2, 0.25) is 0 Å². The van der Waals surface area contributed by atoms with Crippen LogP contribution >= 0.6 is 0 Å². The molecule has 2 aliphatic heterocycles. The van der Waals surface area contributed by atoms with Crippen LogP contribution in [0, 0.1) is 5.82 Å². The van der Waals surface area contributed by atoms with E-state index in [9.17, 15) is 14.3 Å². The first kappa shape index (κ1) is 21.3. The van der Waals surface area contributed by atoms with Gasteiger partial charge in [-0.2, -0.15) is 5.10 Å². The maximum absolute atomic E-state index is 13.8. The fraction of sp³-hybridized carbons (Fsp3) is 0.385. The van der Waals surface area contributed by atoms with Gasteiger partial charge in [-0.15, -0.1) is 0 Å². The van der Waals surface area contributed by atoms with E-state index in [-0.39, 0.29) is 17.7 Å². The van der Waals surface area contributed by atoms with Gasteiger partial charge in [0.1, 0.15) is 5.82 Å². The number of carboxylic acid groups (broad SMARTS) is 1. The van der Waals surface area contributed by atoms with Crippen LogP contribution in [0.4, 0.5) is 4.39 Å². The molecule has 0 unspecified atom stereocenters. The lowest BCUT2D eigenvalue weighted by atomic mass is 9.84. The van der Waals surface area contributed by atoms with Crippen molar-refractivity contribution in [2.45, 2.75) is 43.6 Å². The lowest BCUT2D eigenvalue weighted by Crippen LogP contribution is -2.34. The Labute approximate surface area is 195 Å². The van der Waals surface area contributed by atoms with Crippen molar-refractivity contribution in [2.24, 2.45) is 0 Å². The van der Waals surface area contributed by atoms with Gasteiger partial charge in [-0.25, -0.2) is 9.18 Å². The van der Waals surface area contributed by atoms with E-state index in [1.165, 1.54) is 12.1 Å². The second-order valence-corrected chi connectivity index (χ2v) is 9.57. The summed E-state index contributed by atoms with van der Waals surface area (Å²) in [5.74, 6) is -1.08. The van der Waals surface area contributed by atoms with E-state index >= 15 is 0 Å². The van der Waals surface area contributed by atoms with Crippen molar-refractivity contribution in [3.05, 3.63) is 59.7 Å². The highest BCUT2D eigenvalue weighted by Gasteiger charge is 2.45. The van der Waals surface area contributed by atoms with Gasteiger partial charge < -0.3 is 19.1 Å². The monoisotopic (exact) mass is 463 g/mol. The highest BCUT2D eigenvalue weighted by Crippen LogP contribution is 2.47. The van der Waals surface area contributed by atoms with E-state index in [1.54, 1.807) is 25.3 Å². The number of aliphatic carboxylic acids is 1. The summed E-state index contributed by atoms with van der Waals surface area (Å²) in [7, 11) is 0. The third-order valence-corrected chi connectivity index (χ3v) is 7.40. The smallest absolute Gasteiger partial charge is 0.335 e. The van der Waals surface area contributed by atoms with Crippen LogP contribution in [0.1, 0.15) is 49.3 Å². The van der Waals surface area contributed by atoms with Gasteiger partial charge in [-0.3, -0.25) is 5.10 Å². The molecule has 0 aliphatic carbocycles. The normalized spacial score (nSPS) is 23.8. The number of ether oxygens (including phenoxy) is 2. The fourth-order valence-corrected chi connectivity index (χ4v) is 5.65. The molecule has 2 saturated heterocycles. The Balaban J connectivity index is 1.65. The number of carbonyl (C=O) groups is 1. The van der Waals surface area contributed by atoms with E-state index in [4.69, 9.17) is 9.47 Å². The Hall–Kier alpha value is -3.23. The summed E-state index contributed by atoms with van der Waals surface area (Å²) in [4.78, 5) is 12.0. The second-order valence-electron chi connectivity index (χ2n) is 9.57. The van der Waals surface area contributed by atoms with E-state index in [0.717, 1.165) is 51.6 Å². The van der Waals surface area contributed by atoms with Crippen molar-refractivity contribution >= 4 is 27.8 Å². The van der Waals surface area contributed by atoms with Crippen LogP contribution in [-0.2, 0) is 14.3 Å². The third-order valence-electron chi connectivity index (χ3n) is 7.40. The minimum Gasteiger partial charge on any atom is -0.479 e. The van der Waals surface area contributed by atoms with Gasteiger partial charge in [-0.1, -0.05) is 0 Å². The summed E-state index contributed by atoms with van der Waals surface area (Å²) in [5.41, 5.74) is 3.84. The van der Waals surface area contributed by atoms with Crippen LogP contribution in [-0.4, -0.2) is 51.3 Å². The Morgan fingerprint density at radius 3 is 2.68 bits per heavy atom. The zero-order chi connectivity index (χ0) is 23.4. The molecule has 2 aliphatic rings. The van der Waals surface area contributed by atoms with Gasteiger partial charge in [0.15, 0.2) is 5.60 Å². The maximum atomic E-state index is 13.8. The molecule has 6 rings (SSSR count). The molecular formula is C26H26FN3O4. The van der Waals surface area contributed by atoms with E-state index < -0.39 is 11.6 Å². The molecule has 7 nitrogen and oxygen atoms in total. The zero-order valence-corrected chi connectivity index (χ0v) is 18.9. The Bertz CT molecular complexity index is 1390. The number of fused-ring (bicyclic) bond motifs is 2. The van der Waals surface area contributed by atoms with Crippen molar-refractivity contribution in [3.8, 4) is 5.69 Å². The van der Waals surface area contributed by atoms with Crippen molar-refractivity contribution in [2.75, 3.05) is 19.8 Å². The lowest BCUT2D eigenvalue weighted by Gasteiger charge is -2.27. The number of nitrogens with one attached hydrogen (secondary N) is 1. The Kier molecular flexibility index (Phi) is 4.97. The van der Waals surface area contributed by atoms with E-state index in [0.29, 0.717) is 26.2 Å². The first-order valence-corrected chi connectivity index (χ1v) is 11.7. The molecule has 34 heavy (non-hydrogen) atoms. The molecule has 2 N–H and O–H groups in total. The number of aromatic nitrogens is 3. The molecule has 4 aromatic rings. The standard InChI is InChI=1S/C26H26FN3O4/c1-26(25(31)32)12-17(14-34-26)23-20-11-21-16(13-28-29-21)10-22(20)30(19-4-2-18(27)3-5-19)24(23)15-6-8-33-9-7-15/h2-5,10-11,13,15,17H,6-9,12,14H2,1H3,(H,28,29)(H,31,32)/t17-,26+/m0/s1. The van der Waals surface area contributed by atoms with Gasteiger partial charge in [-0.05, 0) is 68.1 Å². The highest BCUT2D eigenvalue weighted by molar-refractivity contribution is 5.99. The first-order valence-electron chi connectivity index (χ1n) is 11.7. The average molecular weight is 464 g/mol. The van der Waals surface area contributed by atoms with Gasteiger partial charge in [0, 0.05) is 47.2 Å². The molecular weight excluding hydrogens is 437 g/mol. The van der Waals surface area contributed by atoms with E-state index in [2.05, 4.69) is 26.9 Å². The molecule has 176 valence electrons. The van der Waals surface area contributed by atoms with Crippen molar-refractivity contribution < 1.29 is 23.8 Å². The molecule has 4 heterocycles. The number of hydrogen-bond acceptors (Lipinski definition) is 4. The quantitative estimate of drug-likeness (QED) is 0.450. The largest absolute Gasteiger partial charge is 0.479 e. The summed E-state index contributed by atoms with van der Waals surface area (Å²) in [6.07, 6.45) is 3.92. The van der Waals surface area contributed by atoms with E-state index in [1.807, 2.05) is 0 Å². The summed E-state index contributed by atoms with van der Waals surface area (Å²) >= 11 is 0. The summed E-state index contributed by atoms with van der Waals surface area (Å²) in [6.45, 7) is 3.33. The minimum atomic E-state index is -1.22. The van der Waals surface area contributed by atoms with Gasteiger partial charge in [0.25, 0.3) is 0 Å². The lowest BCUT2D eigenvalue weighted by molar-refractivity contribution is -0.157. The number of aromatic amines is 1. The number of halogens is 1. The molecule has 0 radical (unpaired) electrons. The number of hydrogen-bond donors (Lipinski definition) is 2. The predicted molar refractivity (Wildman–Crippen MR) is 125 cm³/mol. The predicted octanol–water partition coefficient (Wildman–Crippen LogP) is 4.89. The molecule has 0 spiro atoms. The molecule has 0 saturated carbocycles. The molecule has 2 fully saturated rings. The summed E-state index contributed by atoms with van der Waals surface area (Å²) in [5, 5.41) is 19.1. The Morgan fingerprint density at radius 1 is 1.21 bits per heavy atom. The topological polar surface area (TPSA) is 89.4 Å². The fourth-order valence-electron chi connectivity index (χ4n) is 5.65. The minimum absolute atomic E-state index is 0.0801. The SMILES string of the molecule is C[C@]1(C(=O)O)C[C@H](c2c(C3CCOCC3)n(-c3ccc(F)cc3)c3cc4cn[nH]c4cc23)CO1. The van der Waals surface area contributed by atoms with Crippen molar-refractivity contribution in [1.82, 2.24) is 14.8 Å². The van der Waals surface area contributed by atoms with Gasteiger partial charge >= 0.3 is 5.97 Å². The molecule has 0 bridgehead atoms. The molecule has 2 aromatic heterocycles. The number of H-pyrrole nitrogens is 1. The second kappa shape index (κ2) is 7.92. The molecule has 8 heteroatoms. The van der Waals surface area contributed by atoms with Crippen molar-refractivity contribution in [1.29, 1.82) is 0 Å². The number of rotatable bonds is 4. The van der Waals surface area contributed by atoms with Gasteiger partial charge in [0.2, 0.25) is 0 Å². The van der Waals surface area contributed by atoms with Crippen LogP contribution in [0.15, 0.2) is 42.6 Å². The molecule has 2 atom stereocenters. The van der Waals surface area contributed by atoms with Crippen LogP contribution in [0.3, 0.4) is 0 Å². The molecule has 0 amide bonds. The average Bonchev–Trinajstić information content (AvgIpc) is 3.54. The third kappa shape index (κ3) is 3.32. The maximum Gasteiger partial charge on any atom is 0.335 e. The number of benzene rings is 2. The van der Waals surface area contributed by atoms with Crippen molar-refractivity contribution in [3.63, 3.8) is 0 Å². The summed E-state index contributed by atoms with van der Waals surface area (Å²) in [6, 6.07) is 10.8. The first-order chi connectivity index (χ1) is 16.4. The number of carboxylic acids is 1. The summed E-state index contributed by atoms with van der Waals surface area (Å²) < 4.78 is 27.6. The van der Waals surface area contributed by atoms with Gasteiger partial charge in [0.05, 0.1) is 23.8 Å². The zero-order valence-electron chi connectivity index (χ0n) is 18.9. The molecule has 2 aromatic carbocycles. The van der Waals surface area contributed by atoms with Crippen LogP contribution in [0.5, 0.6) is 0 Å². The Morgan fingerprint density at radius 2 is 1.97 bits per heavy atom. The highest BCUT2D eigenvalue weighted by atomic mass is 19.1. The van der Waals surface area contributed by atoms with Crippen LogP contribution in [0.25, 0.3) is 27.5 Å². The number of nitrogens with zero attached hydrogens (tertiary/aromatic N) is 2. The van der Waals surface area contributed by atoms with Crippen LogP contribution < -0.4 is 0 Å².